The molecule has 13 nitrogen and oxygen atoms in total. The van der Waals surface area contributed by atoms with Crippen molar-refractivity contribution in [1.29, 1.82) is 0 Å². The average Bonchev–Trinajstić information content (AvgIpc) is 3.14. The molecule has 0 aromatic rings. The van der Waals surface area contributed by atoms with Crippen LogP contribution in [-0.2, 0) is 8.88 Å². The summed E-state index contributed by atoms with van der Waals surface area (Å²) in [5.41, 5.74) is -2.44. The standard InChI is InChI=1S/C41H84O4.H4O5P2.H3O4P/c1-3-5-7-9-11-13-15-17-19-21-23-25-27-29-31-33-35-41(45,40(37-42,38-43)39-44)36-34-32-30-28-26-24-22-20-18-16-14-12-10-8-6-4-2;1-6(2)5-7(3)4;1-5(2,3)4/h42-45H,3-39H2,1-2H3;1-4H;(H3,1,2,3,4). The highest BCUT2D eigenvalue weighted by molar-refractivity contribution is 7.53. The molecule has 0 saturated heterocycles. The van der Waals surface area contributed by atoms with Crippen molar-refractivity contribution in [3.05, 3.63) is 0 Å². The molecular formula is C41H91O13P3. The number of aliphatic hydroxyl groups excluding tert-OH is 3. The third-order valence-electron chi connectivity index (χ3n) is 10.9. The summed E-state index contributed by atoms with van der Waals surface area (Å²) in [6.45, 7) is 3.42. The van der Waals surface area contributed by atoms with Gasteiger partial charge >= 0.3 is 25.0 Å². The highest BCUT2D eigenvalue weighted by Gasteiger charge is 2.48. The van der Waals surface area contributed by atoms with Gasteiger partial charge in [-0.05, 0) is 12.8 Å². The molecule has 0 radical (unpaired) electrons. The van der Waals surface area contributed by atoms with Gasteiger partial charge in [0.05, 0.1) is 30.8 Å². The first-order valence-electron chi connectivity index (χ1n) is 22.6. The molecule has 0 amide bonds. The van der Waals surface area contributed by atoms with E-state index in [9.17, 15) is 20.4 Å². The van der Waals surface area contributed by atoms with Crippen LogP contribution in [0.1, 0.15) is 232 Å². The predicted octanol–water partition coefficient (Wildman–Crippen LogP) is 10.5. The van der Waals surface area contributed by atoms with Gasteiger partial charge in [0, 0.05) is 0 Å². The molecule has 0 aliphatic carbocycles. The second kappa shape index (κ2) is 44.7. The van der Waals surface area contributed by atoms with Gasteiger partial charge in [-0.2, -0.15) is 0 Å². The SMILES string of the molecule is CCCCCCCCCCCCCCCCCCC(O)(CCCCCCCCCCCCCCCCCC)C(CO)(CO)CO.O=P(O)(O)O.OP(O)OP(O)O. The molecule has 0 aliphatic heterocycles. The van der Waals surface area contributed by atoms with Crippen molar-refractivity contribution in [3.63, 3.8) is 0 Å². The summed E-state index contributed by atoms with van der Waals surface area (Å²) in [7, 11) is -9.86. The summed E-state index contributed by atoms with van der Waals surface area (Å²) in [4.78, 5) is 52.8. The highest BCUT2D eigenvalue weighted by atomic mass is 31.2. The largest absolute Gasteiger partial charge is 0.466 e. The van der Waals surface area contributed by atoms with E-state index in [0.29, 0.717) is 12.8 Å². The molecule has 16 heteroatoms. The molecule has 0 atom stereocenters. The van der Waals surface area contributed by atoms with Crippen molar-refractivity contribution >= 4 is 25.0 Å². The maximum Gasteiger partial charge on any atom is 0.466 e. The van der Waals surface area contributed by atoms with Gasteiger partial charge in [-0.25, -0.2) is 8.88 Å². The van der Waals surface area contributed by atoms with Gasteiger partial charge in [0.1, 0.15) is 0 Å². The zero-order valence-electron chi connectivity index (χ0n) is 36.2. The summed E-state index contributed by atoms with van der Waals surface area (Å²) in [5, 5.41) is 42.0. The molecule has 11 N–H and O–H groups in total. The van der Waals surface area contributed by atoms with Crippen molar-refractivity contribution < 1.29 is 63.6 Å². The van der Waals surface area contributed by atoms with Crippen molar-refractivity contribution in [1.82, 2.24) is 0 Å². The minimum absolute atomic E-state index is 0.381. The Morgan fingerprint density at radius 3 is 0.719 bits per heavy atom. The van der Waals surface area contributed by atoms with Crippen LogP contribution in [0.3, 0.4) is 0 Å². The van der Waals surface area contributed by atoms with Gasteiger partial charge in [-0.15, -0.1) is 0 Å². The summed E-state index contributed by atoms with van der Waals surface area (Å²) in [6, 6.07) is 0. The van der Waals surface area contributed by atoms with Gasteiger partial charge in [-0.1, -0.05) is 219 Å². The Bertz CT molecular complexity index is 775. The summed E-state index contributed by atoms with van der Waals surface area (Å²) in [6.07, 6.45) is 43.0. The Kier molecular flexibility index (Phi) is 48.5. The minimum atomic E-state index is -4.64. The number of hydrogen-bond acceptors (Lipinski definition) is 10. The Morgan fingerprint density at radius 1 is 0.404 bits per heavy atom. The maximum absolute atomic E-state index is 11.7. The van der Waals surface area contributed by atoms with Crippen molar-refractivity contribution in [2.75, 3.05) is 19.8 Å². The number of aliphatic hydroxyl groups is 4. The number of phosphoric acid groups is 1. The third-order valence-corrected chi connectivity index (χ3v) is 12.1. The second-order valence-corrected chi connectivity index (χ2v) is 18.7. The zero-order valence-corrected chi connectivity index (χ0v) is 38.9. The second-order valence-electron chi connectivity index (χ2n) is 16.0. The lowest BCUT2D eigenvalue weighted by molar-refractivity contribution is -0.162. The lowest BCUT2D eigenvalue weighted by atomic mass is 9.68. The van der Waals surface area contributed by atoms with E-state index in [1.807, 2.05) is 0 Å². The smallest absolute Gasteiger partial charge is 0.395 e. The first-order valence-corrected chi connectivity index (χ1v) is 26.4. The van der Waals surface area contributed by atoms with Crippen molar-refractivity contribution in [2.24, 2.45) is 5.41 Å². The molecule has 0 unspecified atom stereocenters. The molecule has 348 valence electrons. The monoisotopic (exact) mass is 885 g/mol. The van der Waals surface area contributed by atoms with Crippen LogP contribution < -0.4 is 0 Å². The van der Waals surface area contributed by atoms with E-state index in [1.165, 1.54) is 180 Å². The fourth-order valence-corrected chi connectivity index (χ4v) is 7.77. The first-order chi connectivity index (χ1) is 27.2. The summed E-state index contributed by atoms with van der Waals surface area (Å²) < 4.78 is 12.5. The molecule has 0 saturated carbocycles. The molecule has 0 aliphatic rings. The fraction of sp³-hybridized carbons (Fsp3) is 1.00. The maximum atomic E-state index is 11.7. The Labute approximate surface area is 350 Å². The lowest BCUT2D eigenvalue weighted by Gasteiger charge is -2.44. The van der Waals surface area contributed by atoms with Crippen molar-refractivity contribution in [3.8, 4) is 0 Å². The Morgan fingerprint density at radius 2 is 0.579 bits per heavy atom. The molecule has 57 heavy (non-hydrogen) atoms. The number of unbranched alkanes of at least 4 members (excludes halogenated alkanes) is 30. The Hall–Kier alpha value is 0.610. The van der Waals surface area contributed by atoms with Crippen LogP contribution in [0.4, 0.5) is 0 Å². The molecule has 0 spiro atoms. The molecule has 0 rings (SSSR count). The van der Waals surface area contributed by atoms with E-state index in [2.05, 4.69) is 18.2 Å². The van der Waals surface area contributed by atoms with E-state index in [4.69, 9.17) is 38.8 Å². The first kappa shape index (κ1) is 61.9. The molecule has 0 bridgehead atoms. The molecule has 0 heterocycles. The van der Waals surface area contributed by atoms with Crippen LogP contribution >= 0.6 is 25.0 Å². The van der Waals surface area contributed by atoms with Crippen LogP contribution in [0, 0.1) is 5.41 Å². The molecular weight excluding hydrogens is 793 g/mol. The van der Waals surface area contributed by atoms with Gasteiger partial charge in [0.25, 0.3) is 0 Å². The highest BCUT2D eigenvalue weighted by Crippen LogP contribution is 2.42. The van der Waals surface area contributed by atoms with Crippen LogP contribution in [0.15, 0.2) is 0 Å². The average molecular weight is 885 g/mol. The van der Waals surface area contributed by atoms with E-state index < -0.39 is 36.0 Å². The van der Waals surface area contributed by atoms with Crippen molar-refractivity contribution in [2.45, 2.75) is 238 Å². The van der Waals surface area contributed by atoms with Crippen LogP contribution in [0.25, 0.3) is 0 Å². The van der Waals surface area contributed by atoms with E-state index in [0.717, 1.165) is 25.7 Å². The minimum Gasteiger partial charge on any atom is -0.395 e. The van der Waals surface area contributed by atoms with Crippen LogP contribution in [0.5, 0.6) is 0 Å². The van der Waals surface area contributed by atoms with Crippen LogP contribution in [-0.4, -0.2) is 80.1 Å². The fourth-order valence-electron chi connectivity index (χ4n) is 7.24. The molecule has 0 fully saturated rings. The summed E-state index contributed by atoms with van der Waals surface area (Å²) in [5.74, 6) is 0. The predicted molar refractivity (Wildman–Crippen MR) is 235 cm³/mol. The number of rotatable bonds is 40. The van der Waals surface area contributed by atoms with Gasteiger partial charge in [0.2, 0.25) is 0 Å². The van der Waals surface area contributed by atoms with E-state index >= 15 is 0 Å². The van der Waals surface area contributed by atoms with Gasteiger partial charge in [-0.3, -0.25) is 0 Å². The lowest BCUT2D eigenvalue weighted by Crippen LogP contribution is -2.55. The topological polar surface area (TPSA) is 249 Å². The molecule has 0 aromatic carbocycles. The van der Waals surface area contributed by atoms with E-state index in [-0.39, 0.29) is 19.8 Å². The normalized spacial score (nSPS) is 12.2. The van der Waals surface area contributed by atoms with Crippen LogP contribution in [0.2, 0.25) is 0 Å². The zero-order chi connectivity index (χ0) is 43.5. The van der Waals surface area contributed by atoms with Gasteiger partial charge < -0.3 is 54.7 Å². The Balaban J connectivity index is -0.00000209. The molecule has 0 aromatic heterocycles. The van der Waals surface area contributed by atoms with Gasteiger partial charge in [0.15, 0.2) is 0 Å². The third kappa shape index (κ3) is 46.0. The number of hydrogen-bond donors (Lipinski definition) is 11. The quantitative estimate of drug-likeness (QED) is 0.0203. The summed E-state index contributed by atoms with van der Waals surface area (Å²) >= 11 is 0. The van der Waals surface area contributed by atoms with E-state index in [1.54, 1.807) is 0 Å².